The summed E-state index contributed by atoms with van der Waals surface area (Å²) in [5.41, 5.74) is -0.638. The van der Waals surface area contributed by atoms with E-state index in [1.165, 1.54) is 19.3 Å². The molecule has 0 bridgehead atoms. The first-order valence-electron chi connectivity index (χ1n) is 9.44. The van der Waals surface area contributed by atoms with Crippen molar-refractivity contribution < 1.29 is 9.84 Å². The van der Waals surface area contributed by atoms with Gasteiger partial charge in [-0.3, -0.25) is 0 Å². The van der Waals surface area contributed by atoms with E-state index in [1.54, 1.807) is 11.3 Å². The molecule has 148 valence electrons. The van der Waals surface area contributed by atoms with Gasteiger partial charge >= 0.3 is 0 Å². The van der Waals surface area contributed by atoms with Crippen LogP contribution >= 0.6 is 35.3 Å². The molecular formula is C19H32IN3O2S. The van der Waals surface area contributed by atoms with Crippen LogP contribution in [0.3, 0.4) is 0 Å². The lowest BCUT2D eigenvalue weighted by Gasteiger charge is -2.61. The van der Waals surface area contributed by atoms with Crippen LogP contribution in [0.25, 0.3) is 0 Å². The monoisotopic (exact) mass is 493 g/mol. The highest BCUT2D eigenvalue weighted by molar-refractivity contribution is 14.0. The van der Waals surface area contributed by atoms with Gasteiger partial charge in [-0.05, 0) is 51.5 Å². The number of aliphatic imine (C=N–C) groups is 1. The normalized spacial score (nSPS) is 26.2. The van der Waals surface area contributed by atoms with Crippen LogP contribution in [-0.2, 0) is 10.3 Å². The van der Waals surface area contributed by atoms with E-state index in [0.29, 0.717) is 24.1 Å². The largest absolute Gasteiger partial charge is 0.383 e. The summed E-state index contributed by atoms with van der Waals surface area (Å²) in [5.74, 6) is 0.797. The summed E-state index contributed by atoms with van der Waals surface area (Å²) >= 11 is 1.57. The van der Waals surface area contributed by atoms with E-state index in [4.69, 9.17) is 4.74 Å². The lowest BCUT2D eigenvalue weighted by molar-refractivity contribution is -0.168. The molecule has 1 spiro atoms. The molecule has 3 atom stereocenters. The molecule has 2 saturated carbocycles. The van der Waals surface area contributed by atoms with Gasteiger partial charge < -0.3 is 20.5 Å². The third-order valence-electron chi connectivity index (χ3n) is 5.69. The van der Waals surface area contributed by atoms with Gasteiger partial charge in [0.2, 0.25) is 0 Å². The molecule has 0 aliphatic heterocycles. The van der Waals surface area contributed by atoms with Gasteiger partial charge in [-0.2, -0.15) is 0 Å². The van der Waals surface area contributed by atoms with Crippen molar-refractivity contribution in [3.63, 3.8) is 0 Å². The molecule has 2 aliphatic carbocycles. The molecule has 0 saturated heterocycles. The molecule has 1 aromatic heterocycles. The zero-order valence-corrected chi connectivity index (χ0v) is 19.1. The molecule has 3 unspecified atom stereocenters. The van der Waals surface area contributed by atoms with Crippen LogP contribution in [0, 0.1) is 5.41 Å². The van der Waals surface area contributed by atoms with Crippen molar-refractivity contribution in [1.82, 2.24) is 10.6 Å². The smallest absolute Gasteiger partial charge is 0.191 e. The molecule has 2 aliphatic rings. The third kappa shape index (κ3) is 4.36. The predicted molar refractivity (Wildman–Crippen MR) is 119 cm³/mol. The number of halogens is 1. The van der Waals surface area contributed by atoms with Gasteiger partial charge in [0.25, 0.3) is 0 Å². The maximum atomic E-state index is 10.7. The Kier molecular flexibility index (Phi) is 7.76. The number of nitrogens with one attached hydrogen (secondary N) is 2. The fourth-order valence-electron chi connectivity index (χ4n) is 4.02. The van der Waals surface area contributed by atoms with Crippen molar-refractivity contribution in [2.75, 3.05) is 19.7 Å². The van der Waals surface area contributed by atoms with Gasteiger partial charge in [0.05, 0.1) is 12.6 Å². The Balaban J connectivity index is 0.00000243. The number of rotatable bonds is 7. The van der Waals surface area contributed by atoms with Gasteiger partial charge in [0.15, 0.2) is 5.96 Å². The molecule has 3 rings (SSSR count). The van der Waals surface area contributed by atoms with Crippen LogP contribution < -0.4 is 10.6 Å². The number of ether oxygens (including phenoxy) is 1. The van der Waals surface area contributed by atoms with E-state index in [2.05, 4.69) is 29.5 Å². The second kappa shape index (κ2) is 9.21. The maximum absolute atomic E-state index is 10.7. The molecule has 0 radical (unpaired) electrons. The zero-order chi connectivity index (χ0) is 17.9. The van der Waals surface area contributed by atoms with E-state index >= 15 is 0 Å². The quantitative estimate of drug-likeness (QED) is 0.309. The molecule has 3 N–H and O–H groups in total. The van der Waals surface area contributed by atoms with Crippen LogP contribution in [0.15, 0.2) is 22.5 Å². The zero-order valence-electron chi connectivity index (χ0n) is 16.0. The highest BCUT2D eigenvalue weighted by atomic mass is 127. The van der Waals surface area contributed by atoms with E-state index in [0.717, 1.165) is 30.4 Å². The third-order valence-corrected chi connectivity index (χ3v) is 6.81. The first kappa shape index (κ1) is 21.9. The standard InChI is InChI=1S/C19H31N3O2S.HI/c1-4-20-17(21-13-18(3,23)16-8-6-11-25-16)22-14-12-15(24-5-2)19(14)9-7-10-19;/h6,8,11,14-15,23H,4-5,7,9-10,12-13H2,1-3H3,(H2,20,21,22);1H. The number of hydrogen-bond donors (Lipinski definition) is 3. The topological polar surface area (TPSA) is 65.9 Å². The SMILES string of the molecule is CCNC(=NCC(C)(O)c1cccs1)NC1CC(OCC)C12CCC2.I. The first-order chi connectivity index (χ1) is 12.0. The van der Waals surface area contributed by atoms with Gasteiger partial charge in [0.1, 0.15) is 5.60 Å². The minimum absolute atomic E-state index is 0. The molecule has 2 fully saturated rings. The van der Waals surface area contributed by atoms with E-state index in [-0.39, 0.29) is 24.0 Å². The summed E-state index contributed by atoms with van der Waals surface area (Å²) in [5, 5.41) is 19.6. The second-order valence-electron chi connectivity index (χ2n) is 7.41. The fourth-order valence-corrected chi connectivity index (χ4v) is 4.80. The van der Waals surface area contributed by atoms with Crippen molar-refractivity contribution >= 4 is 41.3 Å². The average Bonchev–Trinajstić information content (AvgIpc) is 3.05. The summed E-state index contributed by atoms with van der Waals surface area (Å²) in [6.07, 6.45) is 5.20. The summed E-state index contributed by atoms with van der Waals surface area (Å²) in [6, 6.07) is 4.34. The Bertz CT molecular complexity index is 588. The lowest BCUT2D eigenvalue weighted by atomic mass is 9.51. The molecule has 0 amide bonds. The lowest BCUT2D eigenvalue weighted by Crippen LogP contribution is -2.68. The van der Waals surface area contributed by atoms with Crippen LogP contribution in [-0.4, -0.2) is 42.9 Å². The molecule has 1 aromatic rings. The van der Waals surface area contributed by atoms with Crippen molar-refractivity contribution in [3.8, 4) is 0 Å². The molecule has 26 heavy (non-hydrogen) atoms. The first-order valence-corrected chi connectivity index (χ1v) is 10.3. The molecule has 1 heterocycles. The summed E-state index contributed by atoms with van der Waals surface area (Å²) < 4.78 is 5.93. The Morgan fingerprint density at radius 1 is 1.46 bits per heavy atom. The van der Waals surface area contributed by atoms with Crippen LogP contribution in [0.2, 0.25) is 0 Å². The summed E-state index contributed by atoms with van der Waals surface area (Å²) in [4.78, 5) is 5.62. The van der Waals surface area contributed by atoms with Crippen molar-refractivity contribution in [2.45, 2.75) is 64.2 Å². The number of thiophene rings is 1. The van der Waals surface area contributed by atoms with E-state index in [9.17, 15) is 5.11 Å². The Hall–Kier alpha value is -0.380. The second-order valence-corrected chi connectivity index (χ2v) is 8.36. The minimum Gasteiger partial charge on any atom is -0.383 e. The molecule has 0 aromatic carbocycles. The van der Waals surface area contributed by atoms with E-state index in [1.807, 2.05) is 24.4 Å². The highest BCUT2D eigenvalue weighted by Crippen LogP contribution is 2.57. The van der Waals surface area contributed by atoms with Crippen LogP contribution in [0.5, 0.6) is 0 Å². The minimum atomic E-state index is -0.932. The van der Waals surface area contributed by atoms with Gasteiger partial charge in [-0.1, -0.05) is 12.5 Å². The highest BCUT2D eigenvalue weighted by Gasteiger charge is 2.59. The van der Waals surface area contributed by atoms with Crippen molar-refractivity contribution in [2.24, 2.45) is 10.4 Å². The van der Waals surface area contributed by atoms with Gasteiger partial charge in [0, 0.05) is 29.5 Å². The molecular weight excluding hydrogens is 461 g/mol. The number of nitrogens with zero attached hydrogens (tertiary/aromatic N) is 1. The van der Waals surface area contributed by atoms with Gasteiger partial charge in [-0.15, -0.1) is 35.3 Å². The Morgan fingerprint density at radius 3 is 2.77 bits per heavy atom. The Morgan fingerprint density at radius 2 is 2.23 bits per heavy atom. The molecule has 7 heteroatoms. The van der Waals surface area contributed by atoms with Gasteiger partial charge in [-0.25, -0.2) is 4.99 Å². The average molecular weight is 493 g/mol. The number of aliphatic hydroxyl groups is 1. The number of guanidine groups is 1. The van der Waals surface area contributed by atoms with E-state index < -0.39 is 5.60 Å². The van der Waals surface area contributed by atoms with Crippen molar-refractivity contribution in [1.29, 1.82) is 0 Å². The number of hydrogen-bond acceptors (Lipinski definition) is 4. The molecule has 5 nitrogen and oxygen atoms in total. The van der Waals surface area contributed by atoms with Crippen LogP contribution in [0.4, 0.5) is 0 Å². The fraction of sp³-hybridized carbons (Fsp3) is 0.737. The van der Waals surface area contributed by atoms with Crippen molar-refractivity contribution in [3.05, 3.63) is 22.4 Å². The Labute approximate surface area is 178 Å². The predicted octanol–water partition coefficient (Wildman–Crippen LogP) is 3.48. The van der Waals surface area contributed by atoms with Crippen LogP contribution in [0.1, 0.15) is 51.3 Å². The summed E-state index contributed by atoms with van der Waals surface area (Å²) in [7, 11) is 0. The maximum Gasteiger partial charge on any atom is 0.191 e. The summed E-state index contributed by atoms with van der Waals surface area (Å²) in [6.45, 7) is 7.91.